The average molecular weight is 255 g/mol. The van der Waals surface area contributed by atoms with Crippen molar-refractivity contribution in [3.8, 4) is 0 Å². The molecule has 2 aliphatic rings. The molecule has 1 amide bonds. The van der Waals surface area contributed by atoms with Crippen LogP contribution in [-0.2, 0) is 9.59 Å². The van der Waals surface area contributed by atoms with Crippen molar-refractivity contribution in [1.82, 2.24) is 4.90 Å². The summed E-state index contributed by atoms with van der Waals surface area (Å²) < 4.78 is -0.928. The van der Waals surface area contributed by atoms with Gasteiger partial charge in [0.15, 0.2) is 5.72 Å². The smallest absolute Gasteiger partial charge is 0.545 e. The molecular weight excluding hydrogens is 245 g/mol. The molecule has 0 spiro atoms. The van der Waals surface area contributed by atoms with Gasteiger partial charge in [-0.1, -0.05) is 0 Å². The molecule has 2 atom stereocenters. The number of carbonyl (C=O) groups excluding carboxylic acids is 2. The van der Waals surface area contributed by atoms with Crippen molar-refractivity contribution in [3.05, 3.63) is 0 Å². The van der Waals surface area contributed by atoms with Gasteiger partial charge >= 0.3 is 51.4 Å². The first-order valence-electron chi connectivity index (χ1n) is 4.24. The summed E-state index contributed by atoms with van der Waals surface area (Å²) in [6.45, 7) is 3.19. The number of hydrogen-bond acceptors (Lipinski definition) is 5. The van der Waals surface area contributed by atoms with Crippen molar-refractivity contribution in [3.63, 3.8) is 0 Å². The second-order valence-corrected chi connectivity index (χ2v) is 5.81. The van der Waals surface area contributed by atoms with E-state index in [9.17, 15) is 19.8 Å². The van der Waals surface area contributed by atoms with Crippen molar-refractivity contribution in [2.75, 3.05) is 0 Å². The number of carboxylic acids is 1. The van der Waals surface area contributed by atoms with E-state index in [2.05, 4.69) is 0 Å². The molecule has 0 aliphatic carbocycles. The van der Waals surface area contributed by atoms with Gasteiger partial charge in [-0.2, -0.15) is 0 Å². The van der Waals surface area contributed by atoms with E-state index in [1.165, 1.54) is 11.8 Å². The van der Waals surface area contributed by atoms with E-state index < -0.39 is 16.4 Å². The van der Waals surface area contributed by atoms with Gasteiger partial charge in [0.05, 0.1) is 22.5 Å². The van der Waals surface area contributed by atoms with Crippen LogP contribution in [0.5, 0.6) is 0 Å². The van der Waals surface area contributed by atoms with Gasteiger partial charge in [-0.05, 0) is 13.8 Å². The molecule has 7 heteroatoms. The molecule has 2 rings (SSSR count). The van der Waals surface area contributed by atoms with Crippen molar-refractivity contribution < 1.29 is 71.2 Å². The van der Waals surface area contributed by atoms with E-state index in [1.807, 2.05) is 0 Å². The largest absolute Gasteiger partial charge is 1.00 e. The number of carboxylic acid groups (broad SMARTS) is 1. The number of thioether (sulfide) groups is 1. The summed E-state index contributed by atoms with van der Waals surface area (Å²) in [5.74, 6) is -1.94. The summed E-state index contributed by atoms with van der Waals surface area (Å²) in [7, 11) is 0. The van der Waals surface area contributed by atoms with Crippen LogP contribution in [-0.4, -0.2) is 37.7 Å². The van der Waals surface area contributed by atoms with Gasteiger partial charge in [0.1, 0.15) is 0 Å². The van der Waals surface area contributed by atoms with Gasteiger partial charge in [0.25, 0.3) is 0 Å². The van der Waals surface area contributed by atoms with Gasteiger partial charge in [-0.15, -0.1) is 11.8 Å². The second kappa shape index (κ2) is 3.97. The summed E-state index contributed by atoms with van der Waals surface area (Å²) in [5, 5.41) is 20.7. The van der Waals surface area contributed by atoms with Crippen LogP contribution in [0.3, 0.4) is 0 Å². The molecule has 0 aromatic carbocycles. The number of amides is 1. The summed E-state index contributed by atoms with van der Waals surface area (Å²) >= 11 is 1.29. The minimum Gasteiger partial charge on any atom is -0.545 e. The van der Waals surface area contributed by atoms with E-state index in [-0.39, 0.29) is 62.7 Å². The quantitative estimate of drug-likeness (QED) is 0.377. The maximum atomic E-state index is 11.2. The molecule has 78 valence electrons. The Labute approximate surface area is 134 Å². The fourth-order valence-electron chi connectivity index (χ4n) is 1.93. The van der Waals surface area contributed by atoms with Crippen LogP contribution in [0.1, 0.15) is 20.3 Å². The summed E-state index contributed by atoms with van der Waals surface area (Å²) in [6.07, 6.45) is 0.295. The maximum Gasteiger partial charge on any atom is 1.00 e. The molecular formula is C8H10KNO4S. The third kappa shape index (κ3) is 1.63. The Morgan fingerprint density at radius 2 is 2.20 bits per heavy atom. The minimum atomic E-state index is -2.17. The SMILES string of the molecule is CC1(C)S[C@@H]2CC(=O)N2[C@]1(O)C(=O)[O-].[K+]. The number of rotatable bonds is 1. The average Bonchev–Trinajstić information content (AvgIpc) is 2.16. The van der Waals surface area contributed by atoms with Gasteiger partial charge in [-0.25, -0.2) is 0 Å². The van der Waals surface area contributed by atoms with Crippen LogP contribution in [0.4, 0.5) is 0 Å². The first-order valence-corrected chi connectivity index (χ1v) is 5.12. The molecule has 0 radical (unpaired) electrons. The minimum absolute atomic E-state index is 0. The van der Waals surface area contributed by atoms with Crippen molar-refractivity contribution in [1.29, 1.82) is 0 Å². The maximum absolute atomic E-state index is 11.2. The van der Waals surface area contributed by atoms with Gasteiger partial charge < -0.3 is 15.0 Å². The van der Waals surface area contributed by atoms with Crippen LogP contribution in [0, 0.1) is 0 Å². The molecule has 2 heterocycles. The van der Waals surface area contributed by atoms with E-state index in [0.717, 1.165) is 4.90 Å². The number of carbonyl (C=O) groups is 2. The first-order chi connectivity index (χ1) is 6.30. The zero-order valence-corrected chi connectivity index (χ0v) is 12.8. The topological polar surface area (TPSA) is 80.7 Å². The Balaban J connectivity index is 0.00000112. The van der Waals surface area contributed by atoms with Crippen LogP contribution in [0.15, 0.2) is 0 Å². The Morgan fingerprint density at radius 3 is 2.53 bits per heavy atom. The molecule has 5 nitrogen and oxygen atoms in total. The van der Waals surface area contributed by atoms with Crippen molar-refractivity contribution in [2.45, 2.75) is 36.1 Å². The Bertz CT molecular complexity index is 335. The predicted molar refractivity (Wildman–Crippen MR) is 46.9 cm³/mol. The number of β-lactam (4-membered cyclic amide) rings is 1. The molecule has 2 aliphatic heterocycles. The number of nitrogens with zero attached hydrogens (tertiary/aromatic N) is 1. The van der Waals surface area contributed by atoms with Crippen LogP contribution in [0.25, 0.3) is 0 Å². The molecule has 0 saturated carbocycles. The normalized spacial score (nSPS) is 36.6. The van der Waals surface area contributed by atoms with Gasteiger partial charge in [0, 0.05) is 0 Å². The molecule has 2 saturated heterocycles. The standard InChI is InChI=1S/C8H11NO4S.K/c1-7(2)8(13,6(11)12)9-4(10)3-5(9)14-7;/h5,13H,3H2,1-2H3,(H,11,12);/q;+1/p-1/t5-,8+;/m1./s1. The molecule has 2 fully saturated rings. The summed E-state index contributed by atoms with van der Waals surface area (Å²) in [4.78, 5) is 23.1. The third-order valence-electron chi connectivity index (χ3n) is 2.81. The van der Waals surface area contributed by atoms with E-state index in [4.69, 9.17) is 0 Å². The van der Waals surface area contributed by atoms with E-state index >= 15 is 0 Å². The monoisotopic (exact) mass is 255 g/mol. The number of fused-ring (bicyclic) bond motifs is 1. The molecule has 0 aromatic rings. The Kier molecular flexibility index (Phi) is 3.69. The van der Waals surface area contributed by atoms with Crippen LogP contribution >= 0.6 is 11.8 Å². The van der Waals surface area contributed by atoms with Crippen molar-refractivity contribution in [2.24, 2.45) is 0 Å². The fraction of sp³-hybridized carbons (Fsp3) is 0.750. The zero-order valence-electron chi connectivity index (χ0n) is 8.81. The van der Waals surface area contributed by atoms with Crippen molar-refractivity contribution >= 4 is 23.6 Å². The van der Waals surface area contributed by atoms with Gasteiger partial charge in [0.2, 0.25) is 5.91 Å². The number of aliphatic hydroxyl groups is 1. The van der Waals surface area contributed by atoms with Crippen LogP contribution in [0.2, 0.25) is 0 Å². The number of hydrogen-bond donors (Lipinski definition) is 1. The number of aliphatic carboxylic acids is 1. The second-order valence-electron chi connectivity index (χ2n) is 4.01. The predicted octanol–water partition coefficient (Wildman–Crippen LogP) is -4.49. The molecule has 0 unspecified atom stereocenters. The van der Waals surface area contributed by atoms with Crippen LogP contribution < -0.4 is 56.5 Å². The third-order valence-corrected chi connectivity index (χ3v) is 4.33. The summed E-state index contributed by atoms with van der Waals surface area (Å²) in [6, 6.07) is 0. The molecule has 15 heavy (non-hydrogen) atoms. The zero-order chi connectivity index (χ0) is 10.7. The van der Waals surface area contributed by atoms with E-state index in [1.54, 1.807) is 13.8 Å². The fourth-order valence-corrected chi connectivity index (χ4v) is 3.55. The van der Waals surface area contributed by atoms with Gasteiger partial charge in [-0.3, -0.25) is 9.69 Å². The molecule has 0 bridgehead atoms. The molecule has 0 aromatic heterocycles. The first kappa shape index (κ1) is 13.9. The van der Waals surface area contributed by atoms with E-state index in [0.29, 0.717) is 6.42 Å². The summed E-state index contributed by atoms with van der Waals surface area (Å²) in [5.41, 5.74) is -2.17. The Morgan fingerprint density at radius 1 is 1.67 bits per heavy atom. The molecule has 1 N–H and O–H groups in total. The Hall–Kier alpha value is 0.886.